The van der Waals surface area contributed by atoms with Crippen LogP contribution in [0.3, 0.4) is 0 Å². The number of hydrogen-bond donors (Lipinski definition) is 1. The molecule has 1 aromatic carbocycles. The third kappa shape index (κ3) is 4.07. The van der Waals surface area contributed by atoms with Crippen molar-refractivity contribution in [2.24, 2.45) is 5.73 Å². The number of carbonyl (C=O) groups excluding carboxylic acids is 1. The molecule has 1 saturated heterocycles. The highest BCUT2D eigenvalue weighted by Crippen LogP contribution is 2.24. The van der Waals surface area contributed by atoms with E-state index >= 15 is 0 Å². The number of halogens is 3. The van der Waals surface area contributed by atoms with Gasteiger partial charge >= 0.3 is 0 Å². The molecule has 2 atom stereocenters. The van der Waals surface area contributed by atoms with Crippen LogP contribution in [0.2, 0.25) is 5.02 Å². The third-order valence-electron chi connectivity index (χ3n) is 3.70. The number of nitrogens with two attached hydrogens (primary N) is 1. The summed E-state index contributed by atoms with van der Waals surface area (Å²) < 4.78 is 18.4. The van der Waals surface area contributed by atoms with Crippen LogP contribution < -0.4 is 5.73 Å². The molecule has 21 heavy (non-hydrogen) atoms. The first-order valence-electron chi connectivity index (χ1n) is 6.55. The molecule has 2 unspecified atom stereocenters. The van der Waals surface area contributed by atoms with Crippen molar-refractivity contribution in [3.8, 4) is 0 Å². The van der Waals surface area contributed by atoms with Gasteiger partial charge in [-0.1, -0.05) is 11.6 Å². The van der Waals surface area contributed by atoms with E-state index in [2.05, 4.69) is 0 Å². The lowest BCUT2D eigenvalue weighted by molar-refractivity contribution is 0.0139. The van der Waals surface area contributed by atoms with Crippen molar-refractivity contribution in [2.45, 2.75) is 25.0 Å². The van der Waals surface area contributed by atoms with Crippen LogP contribution >= 0.6 is 24.0 Å². The molecule has 0 aliphatic carbocycles. The highest BCUT2D eigenvalue weighted by molar-refractivity contribution is 6.33. The van der Waals surface area contributed by atoms with E-state index in [4.69, 9.17) is 22.1 Å². The number of ether oxygens (including phenoxy) is 1. The van der Waals surface area contributed by atoms with E-state index in [1.54, 1.807) is 12.0 Å². The average molecular weight is 337 g/mol. The maximum absolute atomic E-state index is 13.0. The molecule has 1 aromatic rings. The second-order valence-electron chi connectivity index (χ2n) is 4.89. The first-order chi connectivity index (χ1) is 9.56. The fraction of sp³-hybridized carbons (Fsp3) is 0.500. The molecule has 2 N–H and O–H groups in total. The minimum Gasteiger partial charge on any atom is -0.381 e. The minimum atomic E-state index is -0.458. The van der Waals surface area contributed by atoms with E-state index in [1.807, 2.05) is 0 Å². The zero-order valence-electron chi connectivity index (χ0n) is 11.7. The molecule has 118 valence electrons. The van der Waals surface area contributed by atoms with Gasteiger partial charge in [-0.05, 0) is 31.0 Å². The topological polar surface area (TPSA) is 55.6 Å². The van der Waals surface area contributed by atoms with Crippen LogP contribution in [0, 0.1) is 5.82 Å². The zero-order chi connectivity index (χ0) is 14.7. The number of amides is 1. The van der Waals surface area contributed by atoms with E-state index in [-0.39, 0.29) is 35.5 Å². The van der Waals surface area contributed by atoms with Crippen LogP contribution in [0.4, 0.5) is 4.39 Å². The monoisotopic (exact) mass is 336 g/mol. The number of hydrogen-bond acceptors (Lipinski definition) is 3. The van der Waals surface area contributed by atoms with E-state index in [0.29, 0.717) is 25.1 Å². The quantitative estimate of drug-likeness (QED) is 0.922. The molecule has 0 spiro atoms. The van der Waals surface area contributed by atoms with Crippen LogP contribution in [-0.2, 0) is 4.74 Å². The number of nitrogens with zero attached hydrogens (tertiary/aromatic N) is 1. The molecule has 1 heterocycles. The minimum absolute atomic E-state index is 0. The summed E-state index contributed by atoms with van der Waals surface area (Å²) in [4.78, 5) is 14.2. The van der Waals surface area contributed by atoms with E-state index in [0.717, 1.165) is 12.5 Å². The van der Waals surface area contributed by atoms with Crippen molar-refractivity contribution in [1.82, 2.24) is 4.90 Å². The third-order valence-corrected chi connectivity index (χ3v) is 4.01. The van der Waals surface area contributed by atoms with Crippen molar-refractivity contribution in [3.63, 3.8) is 0 Å². The normalized spacial score (nSPS) is 21.8. The van der Waals surface area contributed by atoms with E-state index in [1.165, 1.54) is 12.1 Å². The van der Waals surface area contributed by atoms with Gasteiger partial charge in [-0.15, -0.1) is 12.4 Å². The molecule has 0 aromatic heterocycles. The SMILES string of the molecule is COC1CCN(C(=O)c2ccc(F)cc2Cl)C(CN)C1.Cl. The lowest BCUT2D eigenvalue weighted by Crippen LogP contribution is -2.51. The first-order valence-corrected chi connectivity index (χ1v) is 6.93. The standard InChI is InChI=1S/C14H18ClFN2O2.ClH/c1-20-11-4-5-18(10(7-11)8-17)14(19)12-3-2-9(16)6-13(12)15;/h2-3,6,10-11H,4-5,7-8,17H2,1H3;1H. The van der Waals surface area contributed by atoms with E-state index < -0.39 is 5.82 Å². The molecule has 1 aliphatic heterocycles. The Morgan fingerprint density at radius 1 is 1.57 bits per heavy atom. The maximum atomic E-state index is 13.0. The smallest absolute Gasteiger partial charge is 0.255 e. The summed E-state index contributed by atoms with van der Waals surface area (Å²) in [5.41, 5.74) is 6.05. The van der Waals surface area contributed by atoms with E-state index in [9.17, 15) is 9.18 Å². The Morgan fingerprint density at radius 3 is 2.86 bits per heavy atom. The first kappa shape index (κ1) is 18.2. The molecular weight excluding hydrogens is 318 g/mol. The van der Waals surface area contributed by atoms with Gasteiger partial charge < -0.3 is 15.4 Å². The Morgan fingerprint density at radius 2 is 2.29 bits per heavy atom. The van der Waals surface area contributed by atoms with Crippen molar-refractivity contribution in [3.05, 3.63) is 34.6 Å². The Labute approximate surface area is 134 Å². The number of piperidine rings is 1. The molecule has 7 heteroatoms. The summed E-state index contributed by atoms with van der Waals surface area (Å²) in [6, 6.07) is 3.71. The maximum Gasteiger partial charge on any atom is 0.255 e. The summed E-state index contributed by atoms with van der Waals surface area (Å²) in [5, 5.41) is 0.125. The predicted octanol–water partition coefficient (Wildman–Crippen LogP) is 2.48. The zero-order valence-corrected chi connectivity index (χ0v) is 13.3. The van der Waals surface area contributed by atoms with Gasteiger partial charge in [0.05, 0.1) is 16.7 Å². The Bertz CT molecular complexity index is 502. The average Bonchev–Trinajstić information content (AvgIpc) is 2.46. The highest BCUT2D eigenvalue weighted by Gasteiger charge is 2.32. The summed E-state index contributed by atoms with van der Waals surface area (Å²) in [6.07, 6.45) is 1.59. The summed E-state index contributed by atoms with van der Waals surface area (Å²) >= 11 is 5.95. The second kappa shape index (κ2) is 7.94. The summed E-state index contributed by atoms with van der Waals surface area (Å²) in [7, 11) is 1.66. The fourth-order valence-corrected chi connectivity index (χ4v) is 2.78. The summed E-state index contributed by atoms with van der Waals surface area (Å²) in [6.45, 7) is 0.928. The largest absolute Gasteiger partial charge is 0.381 e. The Balaban J connectivity index is 0.00000220. The molecule has 0 bridgehead atoms. The Kier molecular flexibility index (Phi) is 6.87. The lowest BCUT2D eigenvalue weighted by atomic mass is 9.98. The molecular formula is C14H19Cl2FN2O2. The van der Waals surface area contributed by atoms with Gasteiger partial charge in [0.1, 0.15) is 5.82 Å². The summed E-state index contributed by atoms with van der Waals surface area (Å²) in [5.74, 6) is -0.667. The predicted molar refractivity (Wildman–Crippen MR) is 82.6 cm³/mol. The van der Waals surface area contributed by atoms with Gasteiger partial charge in [-0.2, -0.15) is 0 Å². The van der Waals surface area contributed by atoms with Crippen LogP contribution in [0.25, 0.3) is 0 Å². The number of rotatable bonds is 3. The van der Waals surface area contributed by atoms with Crippen LogP contribution in [-0.4, -0.2) is 43.2 Å². The molecule has 0 radical (unpaired) electrons. The van der Waals surface area contributed by atoms with Crippen molar-refractivity contribution in [1.29, 1.82) is 0 Å². The van der Waals surface area contributed by atoms with Crippen molar-refractivity contribution in [2.75, 3.05) is 20.2 Å². The van der Waals surface area contributed by atoms with Crippen LogP contribution in [0.1, 0.15) is 23.2 Å². The van der Waals surface area contributed by atoms with Gasteiger partial charge in [-0.25, -0.2) is 4.39 Å². The number of likely N-dealkylation sites (tertiary alicyclic amines) is 1. The van der Waals surface area contributed by atoms with Gasteiger partial charge in [0.25, 0.3) is 5.91 Å². The van der Waals surface area contributed by atoms with Crippen LogP contribution in [0.15, 0.2) is 18.2 Å². The highest BCUT2D eigenvalue weighted by atomic mass is 35.5. The molecule has 1 amide bonds. The number of carbonyl (C=O) groups is 1. The molecule has 4 nitrogen and oxygen atoms in total. The second-order valence-corrected chi connectivity index (χ2v) is 5.30. The molecule has 0 saturated carbocycles. The number of methoxy groups -OCH3 is 1. The lowest BCUT2D eigenvalue weighted by Gasteiger charge is -2.38. The number of benzene rings is 1. The van der Waals surface area contributed by atoms with Crippen LogP contribution in [0.5, 0.6) is 0 Å². The van der Waals surface area contributed by atoms with Gasteiger partial charge in [0.15, 0.2) is 0 Å². The van der Waals surface area contributed by atoms with Gasteiger partial charge in [0.2, 0.25) is 0 Å². The van der Waals surface area contributed by atoms with Crippen molar-refractivity contribution >= 4 is 29.9 Å². The molecule has 1 aliphatic rings. The molecule has 2 rings (SSSR count). The van der Waals surface area contributed by atoms with Crippen molar-refractivity contribution < 1.29 is 13.9 Å². The fourth-order valence-electron chi connectivity index (χ4n) is 2.54. The van der Waals surface area contributed by atoms with Gasteiger partial charge in [0, 0.05) is 26.2 Å². The van der Waals surface area contributed by atoms with Gasteiger partial charge in [-0.3, -0.25) is 4.79 Å². The Hall–Kier alpha value is -0.880. The molecule has 1 fully saturated rings.